The second-order valence-corrected chi connectivity index (χ2v) is 8.68. The van der Waals surface area contributed by atoms with Gasteiger partial charge in [0.1, 0.15) is 0 Å². The lowest BCUT2D eigenvalue weighted by atomic mass is 10.1. The number of hydrogen-bond donors (Lipinski definition) is 1. The lowest BCUT2D eigenvalue weighted by molar-refractivity contribution is -0.115. The lowest BCUT2D eigenvalue weighted by Crippen LogP contribution is -2.14. The quantitative estimate of drug-likeness (QED) is 0.702. The van der Waals surface area contributed by atoms with Crippen LogP contribution >= 0.6 is 11.3 Å². The number of benzene rings is 1. The van der Waals surface area contributed by atoms with Crippen LogP contribution < -0.4 is 5.32 Å². The van der Waals surface area contributed by atoms with Crippen molar-refractivity contribution in [3.05, 3.63) is 59.7 Å². The maximum Gasteiger partial charge on any atom is 0.230 e. The zero-order valence-corrected chi connectivity index (χ0v) is 15.7. The standard InChI is InChI=1S/C18H17N3O3S2/c1-2-26(23,24)15-5-3-13(4-6-15)11-17(22)21-18-20-16(12-25-18)14-7-9-19-10-8-14/h3-10,12H,2,11H2,1H3,(H,20,21,22). The molecule has 2 heterocycles. The largest absolute Gasteiger partial charge is 0.302 e. The molecule has 0 spiro atoms. The fourth-order valence-corrected chi connectivity index (χ4v) is 3.94. The van der Waals surface area contributed by atoms with Gasteiger partial charge >= 0.3 is 0 Å². The Kier molecular flexibility index (Phi) is 5.43. The zero-order chi connectivity index (χ0) is 18.6. The van der Waals surface area contributed by atoms with Crippen molar-refractivity contribution < 1.29 is 13.2 Å². The van der Waals surface area contributed by atoms with Crippen molar-refractivity contribution in [1.82, 2.24) is 9.97 Å². The summed E-state index contributed by atoms with van der Waals surface area (Å²) < 4.78 is 23.6. The number of carbonyl (C=O) groups is 1. The summed E-state index contributed by atoms with van der Waals surface area (Å²) in [6.45, 7) is 1.60. The molecule has 1 N–H and O–H groups in total. The average molecular weight is 387 g/mol. The predicted octanol–water partition coefficient (Wildman–Crippen LogP) is 3.18. The molecule has 0 radical (unpaired) electrons. The van der Waals surface area contributed by atoms with Crippen LogP contribution in [0.25, 0.3) is 11.3 Å². The van der Waals surface area contributed by atoms with Crippen LogP contribution in [0.2, 0.25) is 0 Å². The Morgan fingerprint density at radius 1 is 1.12 bits per heavy atom. The van der Waals surface area contributed by atoms with E-state index in [-0.39, 0.29) is 23.0 Å². The molecule has 3 rings (SSSR count). The number of rotatable bonds is 6. The van der Waals surface area contributed by atoms with Crippen LogP contribution in [0.3, 0.4) is 0 Å². The Morgan fingerprint density at radius 3 is 2.46 bits per heavy atom. The summed E-state index contributed by atoms with van der Waals surface area (Å²) in [6.07, 6.45) is 3.53. The Morgan fingerprint density at radius 2 is 1.81 bits per heavy atom. The van der Waals surface area contributed by atoms with Crippen LogP contribution in [0.4, 0.5) is 5.13 Å². The van der Waals surface area contributed by atoms with E-state index >= 15 is 0 Å². The normalized spacial score (nSPS) is 11.3. The van der Waals surface area contributed by atoms with E-state index in [0.717, 1.165) is 16.8 Å². The number of nitrogens with one attached hydrogen (secondary N) is 1. The van der Waals surface area contributed by atoms with E-state index in [1.807, 2.05) is 17.5 Å². The third-order valence-electron chi connectivity index (χ3n) is 3.75. The molecule has 6 nitrogen and oxygen atoms in total. The van der Waals surface area contributed by atoms with Gasteiger partial charge in [0.05, 0.1) is 22.8 Å². The second kappa shape index (κ2) is 7.76. The van der Waals surface area contributed by atoms with Crippen molar-refractivity contribution in [3.8, 4) is 11.3 Å². The first-order chi connectivity index (χ1) is 12.5. The second-order valence-electron chi connectivity index (χ2n) is 5.55. The Balaban J connectivity index is 1.64. The summed E-state index contributed by atoms with van der Waals surface area (Å²) in [6, 6.07) is 10.1. The van der Waals surface area contributed by atoms with Crippen LogP contribution in [-0.4, -0.2) is 30.0 Å². The van der Waals surface area contributed by atoms with Crippen molar-refractivity contribution in [2.75, 3.05) is 11.1 Å². The number of nitrogens with zero attached hydrogens (tertiary/aromatic N) is 2. The van der Waals surface area contributed by atoms with Crippen LogP contribution in [0.5, 0.6) is 0 Å². The number of sulfone groups is 1. The Bertz CT molecular complexity index is 998. The fraction of sp³-hybridized carbons (Fsp3) is 0.167. The van der Waals surface area contributed by atoms with Gasteiger partial charge < -0.3 is 5.32 Å². The molecule has 2 aromatic heterocycles. The summed E-state index contributed by atoms with van der Waals surface area (Å²) in [5.74, 6) is -0.150. The number of hydrogen-bond acceptors (Lipinski definition) is 6. The van der Waals surface area contributed by atoms with E-state index in [1.54, 1.807) is 31.5 Å². The number of aromatic nitrogens is 2. The van der Waals surface area contributed by atoms with Gasteiger partial charge in [-0.1, -0.05) is 19.1 Å². The van der Waals surface area contributed by atoms with Crippen molar-refractivity contribution in [3.63, 3.8) is 0 Å². The van der Waals surface area contributed by atoms with E-state index in [0.29, 0.717) is 5.13 Å². The minimum atomic E-state index is -3.23. The van der Waals surface area contributed by atoms with Crippen molar-refractivity contribution in [1.29, 1.82) is 0 Å². The fourth-order valence-electron chi connectivity index (χ4n) is 2.32. The molecule has 1 aromatic carbocycles. The molecular weight excluding hydrogens is 370 g/mol. The number of carbonyl (C=O) groups excluding carboxylic acids is 1. The van der Waals surface area contributed by atoms with Crippen molar-refractivity contribution in [2.45, 2.75) is 18.2 Å². The third-order valence-corrected chi connectivity index (χ3v) is 6.26. The molecular formula is C18H17N3O3S2. The van der Waals surface area contributed by atoms with Gasteiger partial charge in [-0.25, -0.2) is 13.4 Å². The number of anilines is 1. The van der Waals surface area contributed by atoms with Gasteiger partial charge in [0.25, 0.3) is 0 Å². The van der Waals surface area contributed by atoms with E-state index in [2.05, 4.69) is 15.3 Å². The van der Waals surface area contributed by atoms with Crippen LogP contribution in [0.15, 0.2) is 59.1 Å². The smallest absolute Gasteiger partial charge is 0.230 e. The number of thiazole rings is 1. The van der Waals surface area contributed by atoms with Gasteiger partial charge in [0.15, 0.2) is 15.0 Å². The van der Waals surface area contributed by atoms with Gasteiger partial charge in [-0.05, 0) is 29.8 Å². The molecule has 8 heteroatoms. The molecule has 0 fully saturated rings. The minimum Gasteiger partial charge on any atom is -0.302 e. The average Bonchev–Trinajstić information content (AvgIpc) is 3.11. The van der Waals surface area contributed by atoms with Gasteiger partial charge in [-0.3, -0.25) is 9.78 Å². The maximum absolute atomic E-state index is 12.2. The van der Waals surface area contributed by atoms with Crippen molar-refractivity contribution >= 4 is 32.2 Å². The zero-order valence-electron chi connectivity index (χ0n) is 14.0. The van der Waals surface area contributed by atoms with Crippen LogP contribution in [-0.2, 0) is 21.1 Å². The lowest BCUT2D eigenvalue weighted by Gasteiger charge is -2.04. The number of pyridine rings is 1. The summed E-state index contributed by atoms with van der Waals surface area (Å²) in [5, 5.41) is 5.16. The first-order valence-corrected chi connectivity index (χ1v) is 10.5. The van der Waals surface area contributed by atoms with Gasteiger partial charge in [0, 0.05) is 23.3 Å². The molecule has 0 aliphatic heterocycles. The highest BCUT2D eigenvalue weighted by molar-refractivity contribution is 7.91. The van der Waals surface area contributed by atoms with Crippen molar-refractivity contribution in [2.24, 2.45) is 0 Å². The maximum atomic E-state index is 12.2. The first kappa shape index (κ1) is 18.2. The summed E-state index contributed by atoms with van der Waals surface area (Å²) >= 11 is 1.35. The Hall–Kier alpha value is -2.58. The van der Waals surface area contributed by atoms with Gasteiger partial charge in [-0.2, -0.15) is 0 Å². The van der Waals surface area contributed by atoms with E-state index in [4.69, 9.17) is 0 Å². The molecule has 134 valence electrons. The minimum absolute atomic E-state index is 0.0523. The van der Waals surface area contributed by atoms with E-state index < -0.39 is 9.84 Å². The highest BCUT2D eigenvalue weighted by atomic mass is 32.2. The number of amides is 1. The molecule has 0 saturated carbocycles. The molecule has 26 heavy (non-hydrogen) atoms. The summed E-state index contributed by atoms with van der Waals surface area (Å²) in [5.41, 5.74) is 2.45. The third kappa shape index (κ3) is 4.33. The van der Waals surface area contributed by atoms with Gasteiger partial charge in [0.2, 0.25) is 5.91 Å². The molecule has 0 saturated heterocycles. The Labute approximate surface area is 155 Å². The first-order valence-electron chi connectivity index (χ1n) is 7.95. The molecule has 0 atom stereocenters. The van der Waals surface area contributed by atoms with E-state index in [1.165, 1.54) is 23.5 Å². The summed E-state index contributed by atoms with van der Waals surface area (Å²) in [7, 11) is -3.23. The molecule has 3 aromatic rings. The molecule has 0 aliphatic rings. The predicted molar refractivity (Wildman–Crippen MR) is 102 cm³/mol. The monoisotopic (exact) mass is 387 g/mol. The topological polar surface area (TPSA) is 89.0 Å². The summed E-state index contributed by atoms with van der Waals surface area (Å²) in [4.78, 5) is 20.8. The molecule has 0 bridgehead atoms. The molecule has 0 unspecified atom stereocenters. The highest BCUT2D eigenvalue weighted by Gasteiger charge is 2.12. The van der Waals surface area contributed by atoms with Crippen LogP contribution in [0, 0.1) is 0 Å². The highest BCUT2D eigenvalue weighted by Crippen LogP contribution is 2.24. The van der Waals surface area contributed by atoms with E-state index in [9.17, 15) is 13.2 Å². The van der Waals surface area contributed by atoms with Crippen LogP contribution in [0.1, 0.15) is 12.5 Å². The van der Waals surface area contributed by atoms with Gasteiger partial charge in [-0.15, -0.1) is 11.3 Å². The molecule has 1 amide bonds. The SMILES string of the molecule is CCS(=O)(=O)c1ccc(CC(=O)Nc2nc(-c3ccncc3)cs2)cc1. The molecule has 0 aliphatic carbocycles.